The van der Waals surface area contributed by atoms with Gasteiger partial charge in [0.25, 0.3) is 11.6 Å². The van der Waals surface area contributed by atoms with Gasteiger partial charge in [-0.05, 0) is 31.9 Å². The number of nitrogens with zero attached hydrogens (tertiary/aromatic N) is 2. The van der Waals surface area contributed by atoms with Crippen LogP contribution in [0.15, 0.2) is 18.2 Å². The lowest BCUT2D eigenvalue weighted by atomic mass is 9.97. The summed E-state index contributed by atoms with van der Waals surface area (Å²) < 4.78 is 5.00. The van der Waals surface area contributed by atoms with Crippen LogP contribution in [0, 0.1) is 16.0 Å². The molecule has 1 amide bonds. The molecular formula is C15H17ClN2O5. The van der Waals surface area contributed by atoms with Crippen LogP contribution in [0.4, 0.5) is 5.69 Å². The van der Waals surface area contributed by atoms with E-state index in [2.05, 4.69) is 0 Å². The molecule has 0 unspecified atom stereocenters. The lowest BCUT2D eigenvalue weighted by Gasteiger charge is -2.31. The lowest BCUT2D eigenvalue weighted by Crippen LogP contribution is -2.42. The van der Waals surface area contributed by atoms with Crippen molar-refractivity contribution in [3.05, 3.63) is 38.9 Å². The molecule has 1 heterocycles. The summed E-state index contributed by atoms with van der Waals surface area (Å²) in [7, 11) is 0. The number of carbonyl (C=O) groups excluding carboxylic acids is 2. The Hall–Kier alpha value is -2.15. The van der Waals surface area contributed by atoms with Crippen LogP contribution < -0.4 is 0 Å². The quantitative estimate of drug-likeness (QED) is 0.477. The van der Waals surface area contributed by atoms with Crippen molar-refractivity contribution < 1.29 is 19.2 Å². The highest BCUT2D eigenvalue weighted by atomic mass is 35.5. The number of hydrogen-bond donors (Lipinski definition) is 0. The number of benzene rings is 1. The van der Waals surface area contributed by atoms with Gasteiger partial charge in [0.1, 0.15) is 5.02 Å². The van der Waals surface area contributed by atoms with Crippen LogP contribution >= 0.6 is 11.6 Å². The van der Waals surface area contributed by atoms with Gasteiger partial charge >= 0.3 is 5.97 Å². The average Bonchev–Trinajstić information content (AvgIpc) is 2.54. The summed E-state index contributed by atoms with van der Waals surface area (Å²) in [6.45, 7) is 2.79. The highest BCUT2D eigenvalue weighted by molar-refractivity contribution is 6.32. The van der Waals surface area contributed by atoms with Crippen molar-refractivity contribution in [2.45, 2.75) is 19.8 Å². The number of piperidine rings is 1. The molecule has 8 heteroatoms. The number of ether oxygens (including phenoxy) is 1. The number of esters is 1. The zero-order valence-corrected chi connectivity index (χ0v) is 13.4. The van der Waals surface area contributed by atoms with E-state index >= 15 is 0 Å². The maximum Gasteiger partial charge on any atom is 0.310 e. The predicted octanol–water partition coefficient (Wildman–Crippen LogP) is 2.66. The lowest BCUT2D eigenvalue weighted by molar-refractivity contribution is -0.384. The molecule has 0 aromatic heterocycles. The van der Waals surface area contributed by atoms with Gasteiger partial charge in [-0.25, -0.2) is 0 Å². The SMILES string of the molecule is CCOC(=O)[C@@H]1CCCN(C(=O)c2ccc(Cl)c([N+](=O)[O-])c2)C1. The highest BCUT2D eigenvalue weighted by Crippen LogP contribution is 2.27. The molecule has 0 radical (unpaired) electrons. The minimum Gasteiger partial charge on any atom is -0.466 e. The van der Waals surface area contributed by atoms with Crippen LogP contribution in [0.2, 0.25) is 5.02 Å². The number of carbonyl (C=O) groups is 2. The summed E-state index contributed by atoms with van der Waals surface area (Å²) in [5.41, 5.74) is -0.123. The summed E-state index contributed by atoms with van der Waals surface area (Å²) in [6.07, 6.45) is 1.36. The summed E-state index contributed by atoms with van der Waals surface area (Å²) in [5.74, 6) is -1.01. The second kappa shape index (κ2) is 7.41. The van der Waals surface area contributed by atoms with Gasteiger partial charge < -0.3 is 9.64 Å². The van der Waals surface area contributed by atoms with Crippen molar-refractivity contribution in [3.63, 3.8) is 0 Å². The molecule has 2 rings (SSSR count). The normalized spacial score (nSPS) is 17.7. The zero-order chi connectivity index (χ0) is 17.0. The minimum absolute atomic E-state index is 0.0189. The van der Waals surface area contributed by atoms with E-state index in [4.69, 9.17) is 16.3 Å². The topological polar surface area (TPSA) is 89.8 Å². The van der Waals surface area contributed by atoms with Crippen molar-refractivity contribution in [1.29, 1.82) is 0 Å². The Morgan fingerprint density at radius 1 is 1.48 bits per heavy atom. The molecule has 0 saturated carbocycles. The van der Waals surface area contributed by atoms with E-state index in [0.29, 0.717) is 26.0 Å². The van der Waals surface area contributed by atoms with Crippen molar-refractivity contribution in [2.75, 3.05) is 19.7 Å². The fourth-order valence-corrected chi connectivity index (χ4v) is 2.77. The van der Waals surface area contributed by atoms with Gasteiger partial charge in [0.15, 0.2) is 0 Å². The van der Waals surface area contributed by atoms with Crippen LogP contribution in [0.25, 0.3) is 0 Å². The molecule has 0 spiro atoms. The Balaban J connectivity index is 2.15. The zero-order valence-electron chi connectivity index (χ0n) is 12.7. The summed E-state index contributed by atoms with van der Waals surface area (Å²) in [5, 5.41) is 10.9. The van der Waals surface area contributed by atoms with E-state index in [1.807, 2.05) is 0 Å². The third kappa shape index (κ3) is 3.98. The Morgan fingerprint density at radius 2 is 2.22 bits per heavy atom. The molecule has 1 aromatic carbocycles. The fourth-order valence-electron chi connectivity index (χ4n) is 2.58. The summed E-state index contributed by atoms with van der Waals surface area (Å²) in [4.78, 5) is 36.2. The van der Waals surface area contributed by atoms with Gasteiger partial charge in [0, 0.05) is 24.7 Å². The molecular weight excluding hydrogens is 324 g/mol. The molecule has 1 aliphatic heterocycles. The largest absolute Gasteiger partial charge is 0.466 e. The summed E-state index contributed by atoms with van der Waals surface area (Å²) >= 11 is 5.75. The molecule has 1 saturated heterocycles. The molecule has 1 fully saturated rings. The van der Waals surface area contributed by atoms with E-state index in [-0.39, 0.29) is 40.6 Å². The number of likely N-dealkylation sites (tertiary alicyclic amines) is 1. The van der Waals surface area contributed by atoms with Crippen LogP contribution in [-0.4, -0.2) is 41.4 Å². The predicted molar refractivity (Wildman–Crippen MR) is 83.4 cm³/mol. The van der Waals surface area contributed by atoms with Crippen molar-refractivity contribution in [3.8, 4) is 0 Å². The number of nitro benzene ring substituents is 1. The van der Waals surface area contributed by atoms with Gasteiger partial charge in [-0.2, -0.15) is 0 Å². The molecule has 7 nitrogen and oxygen atoms in total. The first kappa shape index (κ1) is 17.2. The highest BCUT2D eigenvalue weighted by Gasteiger charge is 2.30. The van der Waals surface area contributed by atoms with Gasteiger partial charge in [0.2, 0.25) is 0 Å². The van der Waals surface area contributed by atoms with Crippen LogP contribution in [0.5, 0.6) is 0 Å². The number of nitro groups is 1. The van der Waals surface area contributed by atoms with Gasteiger partial charge in [0.05, 0.1) is 17.4 Å². The van der Waals surface area contributed by atoms with E-state index < -0.39 is 4.92 Å². The van der Waals surface area contributed by atoms with Crippen LogP contribution in [0.1, 0.15) is 30.1 Å². The first-order valence-electron chi connectivity index (χ1n) is 7.34. The molecule has 1 aromatic rings. The standard InChI is InChI=1S/C15H17ClN2O5/c1-2-23-15(20)11-4-3-7-17(9-11)14(19)10-5-6-12(16)13(8-10)18(21)22/h5-6,8,11H,2-4,7,9H2,1H3/t11-/m1/s1. The van der Waals surface area contributed by atoms with Gasteiger partial charge in [-0.15, -0.1) is 0 Å². The Bertz CT molecular complexity index is 634. The molecule has 23 heavy (non-hydrogen) atoms. The van der Waals surface area contributed by atoms with E-state index in [0.717, 1.165) is 0 Å². The second-order valence-corrected chi connectivity index (χ2v) is 5.67. The van der Waals surface area contributed by atoms with E-state index in [9.17, 15) is 19.7 Å². The van der Waals surface area contributed by atoms with Crippen molar-refractivity contribution >= 4 is 29.2 Å². The third-order valence-corrected chi connectivity index (χ3v) is 4.04. The van der Waals surface area contributed by atoms with Crippen molar-refractivity contribution in [2.24, 2.45) is 5.92 Å². The third-order valence-electron chi connectivity index (χ3n) is 3.72. The number of hydrogen-bond acceptors (Lipinski definition) is 5. The molecule has 0 N–H and O–H groups in total. The second-order valence-electron chi connectivity index (χ2n) is 5.27. The fraction of sp³-hybridized carbons (Fsp3) is 0.467. The molecule has 0 bridgehead atoms. The maximum atomic E-state index is 12.5. The van der Waals surface area contributed by atoms with E-state index in [1.165, 1.54) is 23.1 Å². The van der Waals surface area contributed by atoms with Crippen LogP contribution in [0.3, 0.4) is 0 Å². The first-order chi connectivity index (χ1) is 10.9. The number of rotatable bonds is 4. The minimum atomic E-state index is -0.628. The smallest absolute Gasteiger partial charge is 0.310 e. The number of halogens is 1. The Morgan fingerprint density at radius 3 is 2.87 bits per heavy atom. The van der Waals surface area contributed by atoms with Crippen molar-refractivity contribution in [1.82, 2.24) is 4.90 Å². The van der Waals surface area contributed by atoms with Gasteiger partial charge in [-0.3, -0.25) is 19.7 Å². The Labute approximate surface area is 138 Å². The Kier molecular flexibility index (Phi) is 5.54. The monoisotopic (exact) mass is 340 g/mol. The molecule has 1 atom stereocenters. The summed E-state index contributed by atoms with van der Waals surface area (Å²) in [6, 6.07) is 3.95. The first-order valence-corrected chi connectivity index (χ1v) is 7.71. The molecule has 124 valence electrons. The van der Waals surface area contributed by atoms with Crippen LogP contribution in [-0.2, 0) is 9.53 Å². The molecule has 1 aliphatic rings. The van der Waals surface area contributed by atoms with Gasteiger partial charge in [-0.1, -0.05) is 11.6 Å². The average molecular weight is 341 g/mol. The molecule has 0 aliphatic carbocycles. The van der Waals surface area contributed by atoms with E-state index in [1.54, 1.807) is 6.92 Å². The number of amides is 1. The maximum absolute atomic E-state index is 12.5.